The molecule has 1 aliphatic rings. The smallest absolute Gasteiger partial charge is 0.255 e. The zero-order valence-electron chi connectivity index (χ0n) is 17.2. The minimum atomic E-state index is -0.196. The van der Waals surface area contributed by atoms with Crippen molar-refractivity contribution in [2.45, 2.75) is 13.1 Å². The molecular weight excluding hydrogens is 412 g/mol. The Morgan fingerprint density at radius 2 is 1.94 bits per heavy atom. The van der Waals surface area contributed by atoms with Gasteiger partial charge in [-0.05, 0) is 48.5 Å². The minimum Gasteiger partial charge on any atom is -0.493 e. The Kier molecular flexibility index (Phi) is 6.26. The summed E-state index contributed by atoms with van der Waals surface area (Å²) in [7, 11) is 1.63. The van der Waals surface area contributed by atoms with Crippen molar-refractivity contribution in [3.8, 4) is 17.2 Å². The van der Waals surface area contributed by atoms with E-state index in [0.717, 1.165) is 23.4 Å². The minimum absolute atomic E-state index is 0.196. The molecule has 1 N–H and O–H groups in total. The van der Waals surface area contributed by atoms with Gasteiger partial charge in [0.05, 0.1) is 7.11 Å². The van der Waals surface area contributed by atoms with Crippen LogP contribution in [0, 0.1) is 0 Å². The lowest BCUT2D eigenvalue weighted by Crippen LogP contribution is -2.25. The van der Waals surface area contributed by atoms with E-state index >= 15 is 0 Å². The lowest BCUT2D eigenvalue weighted by molar-refractivity contribution is 0.102. The maximum absolute atomic E-state index is 12.6. The molecule has 5 nitrogen and oxygen atoms in total. The molecule has 0 aromatic heterocycles. The molecular formula is C25H23ClN2O3. The Morgan fingerprint density at radius 3 is 2.68 bits per heavy atom. The number of carbonyl (C=O) groups is 1. The third-order valence-electron chi connectivity index (χ3n) is 5.09. The highest BCUT2D eigenvalue weighted by Crippen LogP contribution is 2.40. The number of carbonyl (C=O) groups excluding carboxylic acids is 1. The molecule has 0 saturated carbocycles. The molecule has 1 heterocycles. The summed E-state index contributed by atoms with van der Waals surface area (Å²) in [6.45, 7) is 5.96. The van der Waals surface area contributed by atoms with E-state index in [9.17, 15) is 4.79 Å². The van der Waals surface area contributed by atoms with E-state index < -0.39 is 0 Å². The Hall–Kier alpha value is -3.28. The second-order valence-electron chi connectivity index (χ2n) is 7.29. The number of ether oxygens (including phenoxy) is 2. The molecule has 6 heteroatoms. The number of anilines is 1. The van der Waals surface area contributed by atoms with Crippen molar-refractivity contribution in [2.24, 2.45) is 0 Å². The molecule has 0 spiro atoms. The van der Waals surface area contributed by atoms with Crippen LogP contribution in [0.25, 0.3) is 0 Å². The van der Waals surface area contributed by atoms with Crippen molar-refractivity contribution in [2.75, 3.05) is 19.0 Å². The number of hydrogen-bond acceptors (Lipinski definition) is 4. The van der Waals surface area contributed by atoms with E-state index in [-0.39, 0.29) is 5.91 Å². The summed E-state index contributed by atoms with van der Waals surface area (Å²) in [6.07, 6.45) is 1.88. The number of hydrogen-bond donors (Lipinski definition) is 1. The van der Waals surface area contributed by atoms with Gasteiger partial charge in [-0.15, -0.1) is 6.58 Å². The lowest BCUT2D eigenvalue weighted by Gasteiger charge is -2.27. The van der Waals surface area contributed by atoms with Gasteiger partial charge in [-0.1, -0.05) is 29.8 Å². The molecule has 3 aromatic rings. The normalized spacial score (nSPS) is 13.1. The third-order valence-corrected chi connectivity index (χ3v) is 5.34. The number of halogens is 1. The highest BCUT2D eigenvalue weighted by atomic mass is 35.5. The van der Waals surface area contributed by atoms with Crippen molar-refractivity contribution in [1.82, 2.24) is 4.90 Å². The van der Waals surface area contributed by atoms with Gasteiger partial charge in [-0.3, -0.25) is 9.69 Å². The molecule has 0 bridgehead atoms. The number of nitrogens with one attached hydrogen (secondary N) is 1. The van der Waals surface area contributed by atoms with Gasteiger partial charge in [-0.2, -0.15) is 0 Å². The van der Waals surface area contributed by atoms with Gasteiger partial charge >= 0.3 is 0 Å². The van der Waals surface area contributed by atoms with Gasteiger partial charge in [0.2, 0.25) is 0 Å². The Morgan fingerprint density at radius 1 is 1.16 bits per heavy atom. The first-order valence-corrected chi connectivity index (χ1v) is 10.3. The number of amides is 1. The Bertz CT molecular complexity index is 1110. The summed E-state index contributed by atoms with van der Waals surface area (Å²) in [5.74, 6) is 1.92. The van der Waals surface area contributed by atoms with Crippen LogP contribution in [0.2, 0.25) is 5.02 Å². The molecule has 0 atom stereocenters. The van der Waals surface area contributed by atoms with E-state index in [1.54, 1.807) is 31.4 Å². The lowest BCUT2D eigenvalue weighted by atomic mass is 10.1. The topological polar surface area (TPSA) is 50.8 Å². The molecule has 3 aromatic carbocycles. The van der Waals surface area contributed by atoms with Crippen LogP contribution in [-0.2, 0) is 13.1 Å². The SMILES string of the molecule is C=CCN1Cc2cc(NC(=O)c3ccc(Cl)cc3)ccc2Oc2c(cccc2OC)C1. The number of nitrogens with zero attached hydrogens (tertiary/aromatic N) is 1. The van der Waals surface area contributed by atoms with Crippen LogP contribution in [-0.4, -0.2) is 24.5 Å². The van der Waals surface area contributed by atoms with Gasteiger partial charge in [0.1, 0.15) is 5.75 Å². The van der Waals surface area contributed by atoms with Crippen LogP contribution >= 0.6 is 11.6 Å². The first-order chi connectivity index (χ1) is 15.1. The largest absolute Gasteiger partial charge is 0.493 e. The van der Waals surface area contributed by atoms with Crippen molar-refractivity contribution < 1.29 is 14.3 Å². The van der Waals surface area contributed by atoms with E-state index in [4.69, 9.17) is 21.1 Å². The third kappa shape index (κ3) is 4.74. The predicted molar refractivity (Wildman–Crippen MR) is 123 cm³/mol. The van der Waals surface area contributed by atoms with Crippen molar-refractivity contribution >= 4 is 23.2 Å². The van der Waals surface area contributed by atoms with Crippen LogP contribution in [0.15, 0.2) is 73.3 Å². The summed E-state index contributed by atoms with van der Waals surface area (Å²) in [5, 5.41) is 3.54. The number of para-hydroxylation sites is 1. The fraction of sp³-hybridized carbons (Fsp3) is 0.160. The van der Waals surface area contributed by atoms with E-state index in [2.05, 4.69) is 16.8 Å². The number of fused-ring (bicyclic) bond motifs is 2. The van der Waals surface area contributed by atoms with Crippen LogP contribution in [0.5, 0.6) is 17.2 Å². The van der Waals surface area contributed by atoms with Crippen molar-refractivity contribution in [3.63, 3.8) is 0 Å². The fourth-order valence-electron chi connectivity index (χ4n) is 3.61. The molecule has 158 valence electrons. The maximum Gasteiger partial charge on any atom is 0.255 e. The van der Waals surface area contributed by atoms with E-state index in [1.165, 1.54) is 0 Å². The molecule has 4 rings (SSSR count). The first-order valence-electron chi connectivity index (χ1n) is 9.94. The number of benzene rings is 3. The zero-order chi connectivity index (χ0) is 21.8. The highest BCUT2D eigenvalue weighted by Gasteiger charge is 2.21. The summed E-state index contributed by atoms with van der Waals surface area (Å²) in [4.78, 5) is 14.9. The van der Waals surface area contributed by atoms with Crippen LogP contribution in [0.1, 0.15) is 21.5 Å². The van der Waals surface area contributed by atoms with Crippen LogP contribution < -0.4 is 14.8 Å². The predicted octanol–water partition coefficient (Wildman–Crippen LogP) is 5.89. The van der Waals surface area contributed by atoms with Crippen LogP contribution in [0.4, 0.5) is 5.69 Å². The zero-order valence-corrected chi connectivity index (χ0v) is 18.0. The molecule has 0 fully saturated rings. The average molecular weight is 435 g/mol. The Balaban J connectivity index is 1.66. The van der Waals surface area contributed by atoms with Gasteiger partial charge < -0.3 is 14.8 Å². The number of rotatable bonds is 5. The Labute approximate surface area is 186 Å². The van der Waals surface area contributed by atoms with Crippen LogP contribution in [0.3, 0.4) is 0 Å². The summed E-state index contributed by atoms with van der Waals surface area (Å²) < 4.78 is 11.8. The van der Waals surface area contributed by atoms with Crippen molar-refractivity contribution in [1.29, 1.82) is 0 Å². The summed E-state index contributed by atoms with van der Waals surface area (Å²) in [5.41, 5.74) is 3.25. The molecule has 0 aliphatic carbocycles. The fourth-order valence-corrected chi connectivity index (χ4v) is 3.73. The van der Waals surface area contributed by atoms with E-state index in [1.807, 2.05) is 42.5 Å². The number of methoxy groups -OCH3 is 1. The monoisotopic (exact) mass is 434 g/mol. The van der Waals surface area contributed by atoms with Gasteiger partial charge in [0.25, 0.3) is 5.91 Å². The van der Waals surface area contributed by atoms with Gasteiger partial charge in [0, 0.05) is 47.0 Å². The molecule has 0 unspecified atom stereocenters. The van der Waals surface area contributed by atoms with Crippen molar-refractivity contribution in [3.05, 3.63) is 95.0 Å². The second-order valence-corrected chi connectivity index (χ2v) is 7.73. The molecule has 0 radical (unpaired) electrons. The molecule has 1 aliphatic heterocycles. The summed E-state index contributed by atoms with van der Waals surface area (Å²) in [6, 6.07) is 18.3. The summed E-state index contributed by atoms with van der Waals surface area (Å²) >= 11 is 5.92. The second kappa shape index (κ2) is 9.25. The highest BCUT2D eigenvalue weighted by molar-refractivity contribution is 6.30. The average Bonchev–Trinajstić information content (AvgIpc) is 2.75. The van der Waals surface area contributed by atoms with E-state index in [0.29, 0.717) is 40.9 Å². The van der Waals surface area contributed by atoms with Gasteiger partial charge in [0.15, 0.2) is 11.5 Å². The maximum atomic E-state index is 12.6. The molecule has 31 heavy (non-hydrogen) atoms. The first kappa shape index (κ1) is 21.0. The molecule has 0 saturated heterocycles. The van der Waals surface area contributed by atoms with Gasteiger partial charge in [-0.25, -0.2) is 0 Å². The standard InChI is InChI=1S/C25H23ClN2O3/c1-3-13-28-15-18-5-4-6-23(30-2)24(18)31-22-12-11-21(14-19(22)16-28)27-25(29)17-7-9-20(26)10-8-17/h3-12,14H,1,13,15-16H2,2H3,(H,27,29). The molecule has 1 amide bonds. The quantitative estimate of drug-likeness (QED) is 0.508.